The molecule has 4 aromatic carbocycles. The Labute approximate surface area is 223 Å². The summed E-state index contributed by atoms with van der Waals surface area (Å²) in [5.74, 6) is -0.127. The summed E-state index contributed by atoms with van der Waals surface area (Å²) in [6.07, 6.45) is 0.00789. The molecule has 0 unspecified atom stereocenters. The van der Waals surface area contributed by atoms with Gasteiger partial charge in [0.2, 0.25) is 0 Å². The fraction of sp³-hybridized carbons (Fsp3) is 0.242. The molecule has 0 fully saturated rings. The molecule has 4 nitrogen and oxygen atoms in total. The summed E-state index contributed by atoms with van der Waals surface area (Å²) in [5, 5.41) is 9.44. The van der Waals surface area contributed by atoms with Crippen LogP contribution in [0.5, 0.6) is 11.5 Å². The maximum Gasteiger partial charge on any atom is 0.304 e. The maximum absolute atomic E-state index is 14.9. The van der Waals surface area contributed by atoms with E-state index in [9.17, 15) is 14.3 Å². The van der Waals surface area contributed by atoms with Crippen molar-refractivity contribution in [2.75, 3.05) is 7.11 Å². The van der Waals surface area contributed by atoms with E-state index in [0.29, 0.717) is 23.7 Å². The molecule has 0 aliphatic heterocycles. The number of rotatable bonds is 9. The number of halogens is 1. The molecule has 0 amide bonds. The maximum atomic E-state index is 14.9. The van der Waals surface area contributed by atoms with E-state index in [-0.39, 0.29) is 23.6 Å². The van der Waals surface area contributed by atoms with E-state index in [0.717, 1.165) is 27.8 Å². The van der Waals surface area contributed by atoms with Crippen LogP contribution in [0.3, 0.4) is 0 Å². The second-order valence-electron chi connectivity index (χ2n) is 10.4. The van der Waals surface area contributed by atoms with Crippen molar-refractivity contribution >= 4 is 5.97 Å². The highest BCUT2D eigenvalue weighted by molar-refractivity contribution is 5.71. The number of hydrogen-bond acceptors (Lipinski definition) is 3. The van der Waals surface area contributed by atoms with Gasteiger partial charge in [-0.1, -0.05) is 75.4 Å². The van der Waals surface area contributed by atoms with Gasteiger partial charge in [-0.3, -0.25) is 4.79 Å². The van der Waals surface area contributed by atoms with Crippen molar-refractivity contribution < 1.29 is 23.8 Å². The van der Waals surface area contributed by atoms with Crippen LogP contribution in [0.1, 0.15) is 55.4 Å². The van der Waals surface area contributed by atoms with Crippen molar-refractivity contribution in [3.05, 3.63) is 119 Å². The topological polar surface area (TPSA) is 55.8 Å². The molecule has 0 saturated carbocycles. The monoisotopic (exact) mass is 512 g/mol. The number of methoxy groups -OCH3 is 1. The Morgan fingerprint density at radius 3 is 2.13 bits per heavy atom. The van der Waals surface area contributed by atoms with Crippen LogP contribution in [0.2, 0.25) is 0 Å². The van der Waals surface area contributed by atoms with Crippen LogP contribution in [0, 0.1) is 5.82 Å². The average molecular weight is 513 g/mol. The van der Waals surface area contributed by atoms with Gasteiger partial charge < -0.3 is 14.6 Å². The Morgan fingerprint density at radius 1 is 0.842 bits per heavy atom. The first-order valence-electron chi connectivity index (χ1n) is 12.6. The van der Waals surface area contributed by atoms with Crippen LogP contribution in [0.4, 0.5) is 4.39 Å². The lowest BCUT2D eigenvalue weighted by atomic mass is 9.81. The molecule has 0 bridgehead atoms. The zero-order chi connectivity index (χ0) is 27.3. The van der Waals surface area contributed by atoms with E-state index >= 15 is 0 Å². The van der Waals surface area contributed by atoms with Gasteiger partial charge in [-0.2, -0.15) is 0 Å². The molecule has 38 heavy (non-hydrogen) atoms. The minimum absolute atomic E-state index is 0.00789. The largest absolute Gasteiger partial charge is 0.497 e. The quantitative estimate of drug-likeness (QED) is 0.247. The third-order valence-corrected chi connectivity index (χ3v) is 6.62. The third kappa shape index (κ3) is 6.41. The third-order valence-electron chi connectivity index (χ3n) is 6.62. The minimum Gasteiger partial charge on any atom is -0.497 e. The van der Waals surface area contributed by atoms with E-state index in [1.54, 1.807) is 19.2 Å². The van der Waals surface area contributed by atoms with Gasteiger partial charge >= 0.3 is 5.97 Å². The summed E-state index contributed by atoms with van der Waals surface area (Å²) in [6.45, 7) is 6.62. The van der Waals surface area contributed by atoms with Gasteiger partial charge in [-0.15, -0.1) is 0 Å². The van der Waals surface area contributed by atoms with Crippen molar-refractivity contribution in [1.82, 2.24) is 0 Å². The molecule has 4 rings (SSSR count). The van der Waals surface area contributed by atoms with E-state index < -0.39 is 5.97 Å². The highest BCUT2D eigenvalue weighted by Gasteiger charge is 2.22. The number of ether oxygens (including phenoxy) is 2. The Hall–Kier alpha value is -4.12. The summed E-state index contributed by atoms with van der Waals surface area (Å²) in [4.78, 5) is 11.5. The number of carboxylic acid groups (broad SMARTS) is 1. The molecule has 4 aromatic rings. The summed E-state index contributed by atoms with van der Waals surface area (Å²) < 4.78 is 26.3. The van der Waals surface area contributed by atoms with E-state index in [1.807, 2.05) is 72.8 Å². The number of aliphatic carboxylic acids is 1. The Morgan fingerprint density at radius 2 is 1.50 bits per heavy atom. The smallest absolute Gasteiger partial charge is 0.304 e. The second kappa shape index (κ2) is 11.5. The first kappa shape index (κ1) is 26.9. The second-order valence-corrected chi connectivity index (χ2v) is 10.4. The molecule has 0 radical (unpaired) electrons. The highest BCUT2D eigenvalue weighted by atomic mass is 19.1. The van der Waals surface area contributed by atoms with Gasteiger partial charge in [0.1, 0.15) is 23.9 Å². The van der Waals surface area contributed by atoms with Gasteiger partial charge in [0.15, 0.2) is 0 Å². The lowest BCUT2D eigenvalue weighted by Gasteiger charge is -2.24. The molecule has 5 heteroatoms. The Bertz CT molecular complexity index is 1390. The van der Waals surface area contributed by atoms with E-state index in [4.69, 9.17) is 9.47 Å². The van der Waals surface area contributed by atoms with Crippen molar-refractivity contribution in [2.24, 2.45) is 0 Å². The van der Waals surface area contributed by atoms with E-state index in [1.165, 1.54) is 6.07 Å². The number of benzene rings is 4. The first-order valence-corrected chi connectivity index (χ1v) is 12.6. The normalized spacial score (nSPS) is 12.1. The van der Waals surface area contributed by atoms with Crippen molar-refractivity contribution in [2.45, 2.75) is 45.1 Å². The van der Waals surface area contributed by atoms with Crippen molar-refractivity contribution in [3.8, 4) is 22.6 Å². The fourth-order valence-corrected chi connectivity index (χ4v) is 4.65. The summed E-state index contributed by atoms with van der Waals surface area (Å²) >= 11 is 0. The zero-order valence-corrected chi connectivity index (χ0v) is 22.2. The highest BCUT2D eigenvalue weighted by Crippen LogP contribution is 2.37. The predicted molar refractivity (Wildman–Crippen MR) is 148 cm³/mol. The zero-order valence-electron chi connectivity index (χ0n) is 22.2. The molecule has 1 N–H and O–H groups in total. The van der Waals surface area contributed by atoms with Crippen LogP contribution >= 0.6 is 0 Å². The molecule has 196 valence electrons. The van der Waals surface area contributed by atoms with Crippen molar-refractivity contribution in [1.29, 1.82) is 0 Å². The first-order chi connectivity index (χ1) is 18.2. The molecule has 0 aliphatic carbocycles. The standard InChI is InChI=1S/C33H33FO4/c1-33(2,3)30-16-10-22(18-28(30)29-19-26(37-4)15-17-31(29)34)21-38-25-13-11-24(12-14-25)27(20-32(35)36)23-8-6-5-7-9-23/h5-19,27H,20-21H2,1-4H3,(H,35,36)/t27-/m0/s1. The van der Waals surface area contributed by atoms with Crippen LogP contribution in [-0.4, -0.2) is 18.2 Å². The molecule has 1 atom stereocenters. The lowest BCUT2D eigenvalue weighted by molar-refractivity contribution is -0.137. The molecule has 0 aromatic heterocycles. The number of carboxylic acids is 1. The average Bonchev–Trinajstić information content (AvgIpc) is 2.91. The molecular formula is C33H33FO4. The predicted octanol–water partition coefficient (Wildman–Crippen LogP) is 7.98. The minimum atomic E-state index is -0.846. The fourth-order valence-electron chi connectivity index (χ4n) is 4.65. The number of carbonyl (C=O) groups is 1. The van der Waals surface area contributed by atoms with Gasteiger partial charge in [0.05, 0.1) is 13.5 Å². The summed E-state index contributed by atoms with van der Waals surface area (Å²) in [6, 6.07) is 28.0. The molecule has 0 saturated heterocycles. The van der Waals surface area contributed by atoms with Crippen molar-refractivity contribution in [3.63, 3.8) is 0 Å². The van der Waals surface area contributed by atoms with Crippen LogP contribution in [0.15, 0.2) is 91.0 Å². The SMILES string of the molecule is COc1ccc(F)c(-c2cc(COc3ccc([C@@H](CC(=O)O)c4ccccc4)cc3)ccc2C(C)(C)C)c1. The lowest BCUT2D eigenvalue weighted by Crippen LogP contribution is -2.13. The van der Waals surface area contributed by atoms with Gasteiger partial charge in [-0.25, -0.2) is 4.39 Å². The van der Waals surface area contributed by atoms with Crippen LogP contribution in [-0.2, 0) is 16.8 Å². The van der Waals surface area contributed by atoms with E-state index in [2.05, 4.69) is 20.8 Å². The van der Waals surface area contributed by atoms with Crippen LogP contribution < -0.4 is 9.47 Å². The molecule has 0 heterocycles. The van der Waals surface area contributed by atoms with Crippen LogP contribution in [0.25, 0.3) is 11.1 Å². The molecular weight excluding hydrogens is 479 g/mol. The Kier molecular flexibility index (Phi) is 8.16. The Balaban J connectivity index is 1.57. The summed E-state index contributed by atoms with van der Waals surface area (Å²) in [7, 11) is 1.57. The van der Waals surface area contributed by atoms with Gasteiger partial charge in [0, 0.05) is 11.5 Å². The number of hydrogen-bond donors (Lipinski definition) is 1. The van der Waals surface area contributed by atoms with Gasteiger partial charge in [0.25, 0.3) is 0 Å². The molecule has 0 spiro atoms. The van der Waals surface area contributed by atoms with Gasteiger partial charge in [-0.05, 0) is 69.6 Å². The summed E-state index contributed by atoms with van der Waals surface area (Å²) in [5.41, 5.74) is 4.92. The molecule has 0 aliphatic rings.